The molecule has 3 aromatic rings. The standard InChI is InChI=1S/C23H27N3O3/c1-3-14-29-21-11-10-19(15-22(21)28-4-2)23(27)24-13-12-18-16-25-26(17-18)20-8-6-5-7-9-20/h5-11,15-17H,3-4,12-14H2,1-2H3,(H,24,27). The lowest BCUT2D eigenvalue weighted by Crippen LogP contribution is -2.25. The molecule has 0 fully saturated rings. The van der Waals surface area contributed by atoms with Crippen LogP contribution < -0.4 is 14.8 Å². The van der Waals surface area contributed by atoms with Crippen LogP contribution in [0.2, 0.25) is 0 Å². The van der Waals surface area contributed by atoms with Crippen molar-refractivity contribution in [2.24, 2.45) is 0 Å². The Morgan fingerprint density at radius 1 is 1.07 bits per heavy atom. The van der Waals surface area contributed by atoms with Gasteiger partial charge < -0.3 is 14.8 Å². The highest BCUT2D eigenvalue weighted by Crippen LogP contribution is 2.28. The second kappa shape index (κ2) is 10.3. The van der Waals surface area contributed by atoms with Gasteiger partial charge >= 0.3 is 0 Å². The molecule has 0 unspecified atom stereocenters. The minimum Gasteiger partial charge on any atom is -0.490 e. The average molecular weight is 393 g/mol. The molecular formula is C23H27N3O3. The molecule has 3 rings (SSSR count). The van der Waals surface area contributed by atoms with Crippen LogP contribution in [0, 0.1) is 0 Å². The molecule has 6 heteroatoms. The molecule has 2 aromatic carbocycles. The van der Waals surface area contributed by atoms with Gasteiger partial charge in [0.1, 0.15) is 0 Å². The number of rotatable bonds is 10. The molecular weight excluding hydrogens is 366 g/mol. The van der Waals surface area contributed by atoms with Crippen LogP contribution in [0.15, 0.2) is 60.9 Å². The van der Waals surface area contributed by atoms with E-state index in [4.69, 9.17) is 9.47 Å². The number of aromatic nitrogens is 2. The summed E-state index contributed by atoms with van der Waals surface area (Å²) in [5, 5.41) is 7.34. The molecule has 0 saturated heterocycles. The van der Waals surface area contributed by atoms with Gasteiger partial charge in [0.2, 0.25) is 0 Å². The van der Waals surface area contributed by atoms with Crippen LogP contribution in [0.4, 0.5) is 0 Å². The van der Waals surface area contributed by atoms with Crippen molar-refractivity contribution < 1.29 is 14.3 Å². The van der Waals surface area contributed by atoms with Gasteiger partial charge in [0.15, 0.2) is 11.5 Å². The molecule has 0 bridgehead atoms. The van der Waals surface area contributed by atoms with E-state index in [-0.39, 0.29) is 5.91 Å². The SMILES string of the molecule is CCCOc1ccc(C(=O)NCCc2cnn(-c3ccccc3)c2)cc1OCC. The Morgan fingerprint density at radius 2 is 1.90 bits per heavy atom. The number of hydrogen-bond acceptors (Lipinski definition) is 4. The molecule has 6 nitrogen and oxygen atoms in total. The van der Waals surface area contributed by atoms with Crippen LogP contribution in [0.5, 0.6) is 11.5 Å². The molecule has 0 radical (unpaired) electrons. The van der Waals surface area contributed by atoms with Gasteiger partial charge in [-0.05, 0) is 55.7 Å². The molecule has 1 heterocycles. The maximum atomic E-state index is 12.5. The number of benzene rings is 2. The van der Waals surface area contributed by atoms with Crippen molar-refractivity contribution in [3.63, 3.8) is 0 Å². The molecule has 1 aromatic heterocycles. The number of amides is 1. The fraction of sp³-hybridized carbons (Fsp3) is 0.304. The van der Waals surface area contributed by atoms with Gasteiger partial charge in [-0.1, -0.05) is 25.1 Å². The molecule has 0 aliphatic carbocycles. The number of para-hydroxylation sites is 1. The Bertz CT molecular complexity index is 922. The first-order valence-electron chi connectivity index (χ1n) is 9.98. The van der Waals surface area contributed by atoms with E-state index >= 15 is 0 Å². The van der Waals surface area contributed by atoms with Crippen LogP contribution in [0.1, 0.15) is 36.2 Å². The summed E-state index contributed by atoms with van der Waals surface area (Å²) in [5.41, 5.74) is 2.63. The Morgan fingerprint density at radius 3 is 2.66 bits per heavy atom. The Labute approximate surface area is 171 Å². The summed E-state index contributed by atoms with van der Waals surface area (Å²) in [7, 11) is 0. The summed E-state index contributed by atoms with van der Waals surface area (Å²) < 4.78 is 13.1. The molecule has 1 N–H and O–H groups in total. The molecule has 0 aliphatic heterocycles. The largest absolute Gasteiger partial charge is 0.490 e. The lowest BCUT2D eigenvalue weighted by Gasteiger charge is -2.13. The van der Waals surface area contributed by atoms with Crippen LogP contribution in [-0.4, -0.2) is 35.4 Å². The summed E-state index contributed by atoms with van der Waals surface area (Å²) in [6.07, 6.45) is 5.42. The van der Waals surface area contributed by atoms with Crippen LogP contribution in [-0.2, 0) is 6.42 Å². The van der Waals surface area contributed by atoms with Gasteiger partial charge in [-0.15, -0.1) is 0 Å². The van der Waals surface area contributed by atoms with E-state index in [1.807, 2.05) is 61.3 Å². The number of carbonyl (C=O) groups is 1. The maximum absolute atomic E-state index is 12.5. The van der Waals surface area contributed by atoms with Crippen molar-refractivity contribution in [2.45, 2.75) is 26.7 Å². The van der Waals surface area contributed by atoms with Crippen LogP contribution in [0.25, 0.3) is 5.69 Å². The van der Waals surface area contributed by atoms with E-state index in [1.165, 1.54) is 0 Å². The lowest BCUT2D eigenvalue weighted by molar-refractivity contribution is 0.0953. The third-order valence-electron chi connectivity index (χ3n) is 4.32. The predicted octanol–water partition coefficient (Wildman–Crippen LogP) is 4.03. The summed E-state index contributed by atoms with van der Waals surface area (Å²) in [4.78, 5) is 12.5. The highest BCUT2D eigenvalue weighted by Gasteiger charge is 2.11. The molecule has 0 spiro atoms. The first-order chi connectivity index (χ1) is 14.2. The smallest absolute Gasteiger partial charge is 0.251 e. The van der Waals surface area contributed by atoms with Gasteiger partial charge in [0.05, 0.1) is 25.1 Å². The van der Waals surface area contributed by atoms with Gasteiger partial charge in [0, 0.05) is 18.3 Å². The average Bonchev–Trinajstić information content (AvgIpc) is 3.22. The zero-order valence-corrected chi connectivity index (χ0v) is 16.9. The fourth-order valence-corrected chi connectivity index (χ4v) is 2.88. The number of nitrogens with one attached hydrogen (secondary N) is 1. The number of ether oxygens (including phenoxy) is 2. The van der Waals surface area contributed by atoms with Crippen molar-refractivity contribution in [1.82, 2.24) is 15.1 Å². The zero-order valence-electron chi connectivity index (χ0n) is 16.9. The van der Waals surface area contributed by atoms with Crippen LogP contribution >= 0.6 is 0 Å². The Kier molecular flexibility index (Phi) is 7.28. The summed E-state index contributed by atoms with van der Waals surface area (Å²) in [6.45, 7) is 5.61. The second-order valence-electron chi connectivity index (χ2n) is 6.58. The van der Waals surface area contributed by atoms with E-state index in [2.05, 4.69) is 10.4 Å². The molecule has 0 saturated carbocycles. The van der Waals surface area contributed by atoms with Gasteiger partial charge in [0.25, 0.3) is 5.91 Å². The molecule has 1 amide bonds. The van der Waals surface area contributed by atoms with E-state index in [0.29, 0.717) is 43.2 Å². The van der Waals surface area contributed by atoms with Gasteiger partial charge in [-0.25, -0.2) is 4.68 Å². The van der Waals surface area contributed by atoms with Gasteiger partial charge in [-0.2, -0.15) is 5.10 Å². The topological polar surface area (TPSA) is 65.4 Å². The number of hydrogen-bond donors (Lipinski definition) is 1. The Balaban J connectivity index is 1.56. The third-order valence-corrected chi connectivity index (χ3v) is 4.32. The highest BCUT2D eigenvalue weighted by atomic mass is 16.5. The van der Waals surface area contributed by atoms with Crippen LogP contribution in [0.3, 0.4) is 0 Å². The summed E-state index contributed by atoms with van der Waals surface area (Å²) in [6, 6.07) is 15.2. The van der Waals surface area contributed by atoms with Crippen molar-refractivity contribution in [1.29, 1.82) is 0 Å². The van der Waals surface area contributed by atoms with E-state index in [0.717, 1.165) is 17.7 Å². The minimum absolute atomic E-state index is 0.136. The van der Waals surface area contributed by atoms with E-state index in [9.17, 15) is 4.79 Å². The zero-order chi connectivity index (χ0) is 20.5. The van der Waals surface area contributed by atoms with Crippen molar-refractivity contribution in [2.75, 3.05) is 19.8 Å². The molecule has 152 valence electrons. The monoisotopic (exact) mass is 393 g/mol. The third kappa shape index (κ3) is 5.60. The molecule has 0 atom stereocenters. The normalized spacial score (nSPS) is 10.6. The fourth-order valence-electron chi connectivity index (χ4n) is 2.88. The number of carbonyl (C=O) groups excluding carboxylic acids is 1. The van der Waals surface area contributed by atoms with Crippen molar-refractivity contribution in [3.8, 4) is 17.2 Å². The van der Waals surface area contributed by atoms with Crippen molar-refractivity contribution in [3.05, 3.63) is 72.1 Å². The molecule has 29 heavy (non-hydrogen) atoms. The maximum Gasteiger partial charge on any atom is 0.251 e. The van der Waals surface area contributed by atoms with Gasteiger partial charge in [-0.3, -0.25) is 4.79 Å². The first-order valence-corrected chi connectivity index (χ1v) is 9.98. The van der Waals surface area contributed by atoms with E-state index < -0.39 is 0 Å². The highest BCUT2D eigenvalue weighted by molar-refractivity contribution is 5.94. The predicted molar refractivity (Wildman–Crippen MR) is 113 cm³/mol. The quantitative estimate of drug-likeness (QED) is 0.565. The first kappa shape index (κ1) is 20.5. The van der Waals surface area contributed by atoms with Crippen molar-refractivity contribution >= 4 is 5.91 Å². The summed E-state index contributed by atoms with van der Waals surface area (Å²) >= 11 is 0. The summed E-state index contributed by atoms with van der Waals surface area (Å²) in [5.74, 6) is 1.12. The Hall–Kier alpha value is -3.28. The number of nitrogens with zero attached hydrogens (tertiary/aromatic N) is 2. The molecule has 0 aliphatic rings. The second-order valence-corrected chi connectivity index (χ2v) is 6.58. The lowest BCUT2D eigenvalue weighted by atomic mass is 10.1. The van der Waals surface area contributed by atoms with E-state index in [1.54, 1.807) is 18.2 Å². The minimum atomic E-state index is -0.136.